The number of nitrogens with zero attached hydrogens (tertiary/aromatic N) is 2. The summed E-state index contributed by atoms with van der Waals surface area (Å²) in [5.41, 5.74) is 4.57. The van der Waals surface area contributed by atoms with E-state index in [1.807, 2.05) is 30.5 Å². The zero-order chi connectivity index (χ0) is 15.6. The first-order valence-electron chi connectivity index (χ1n) is 7.80. The summed E-state index contributed by atoms with van der Waals surface area (Å²) in [6.45, 7) is 2.14. The Morgan fingerprint density at radius 1 is 1.04 bits per heavy atom. The van der Waals surface area contributed by atoms with Gasteiger partial charge in [-0.1, -0.05) is 54.5 Å². The van der Waals surface area contributed by atoms with Crippen LogP contribution < -0.4 is 0 Å². The van der Waals surface area contributed by atoms with E-state index < -0.39 is 0 Å². The van der Waals surface area contributed by atoms with Crippen LogP contribution in [-0.4, -0.2) is 15.1 Å². The van der Waals surface area contributed by atoms with Crippen molar-refractivity contribution in [1.82, 2.24) is 15.1 Å². The minimum Gasteiger partial charge on any atom is -0.361 e. The Bertz CT molecular complexity index is 935. The van der Waals surface area contributed by atoms with Crippen LogP contribution in [0.4, 0.5) is 0 Å². The maximum Gasteiger partial charge on any atom is 0.231 e. The average Bonchev–Trinajstić information content (AvgIpc) is 3.23. The molecule has 1 N–H and O–H groups in total. The summed E-state index contributed by atoms with van der Waals surface area (Å²) in [7, 11) is 0. The molecule has 0 aliphatic heterocycles. The lowest BCUT2D eigenvalue weighted by atomic mass is 10.1. The maximum atomic E-state index is 5.42. The quantitative estimate of drug-likeness (QED) is 0.609. The van der Waals surface area contributed by atoms with Gasteiger partial charge in [-0.2, -0.15) is 4.98 Å². The van der Waals surface area contributed by atoms with Gasteiger partial charge in [0.2, 0.25) is 11.7 Å². The smallest absolute Gasteiger partial charge is 0.231 e. The molecule has 23 heavy (non-hydrogen) atoms. The number of hydrogen-bond donors (Lipinski definition) is 1. The van der Waals surface area contributed by atoms with Crippen LogP contribution in [0.25, 0.3) is 22.3 Å². The molecular weight excluding hydrogens is 286 g/mol. The number of benzene rings is 2. The second-order valence-corrected chi connectivity index (χ2v) is 5.60. The predicted octanol–water partition coefficient (Wildman–Crippen LogP) is 4.37. The molecule has 4 heteroatoms. The van der Waals surface area contributed by atoms with Gasteiger partial charge in [0.15, 0.2) is 0 Å². The van der Waals surface area contributed by atoms with Crippen molar-refractivity contribution < 1.29 is 4.52 Å². The number of H-pyrrole nitrogens is 1. The van der Waals surface area contributed by atoms with Crippen molar-refractivity contribution in [2.45, 2.75) is 19.8 Å². The van der Waals surface area contributed by atoms with Crippen molar-refractivity contribution in [1.29, 1.82) is 0 Å². The molecule has 0 saturated carbocycles. The largest absolute Gasteiger partial charge is 0.361 e. The molecule has 0 bridgehead atoms. The summed E-state index contributed by atoms with van der Waals surface area (Å²) in [5.74, 6) is 1.27. The van der Waals surface area contributed by atoms with Gasteiger partial charge < -0.3 is 9.51 Å². The first-order valence-corrected chi connectivity index (χ1v) is 7.80. The topological polar surface area (TPSA) is 54.7 Å². The number of fused-ring (bicyclic) bond motifs is 1. The van der Waals surface area contributed by atoms with E-state index in [9.17, 15) is 0 Å². The highest BCUT2D eigenvalue weighted by atomic mass is 16.5. The Kier molecular flexibility index (Phi) is 3.42. The highest BCUT2D eigenvalue weighted by molar-refractivity contribution is 5.83. The monoisotopic (exact) mass is 303 g/mol. The first kappa shape index (κ1) is 13.8. The molecule has 4 aromatic rings. The molecule has 0 aliphatic rings. The van der Waals surface area contributed by atoms with E-state index in [-0.39, 0.29) is 0 Å². The molecule has 0 radical (unpaired) electrons. The Labute approximate surface area is 134 Å². The van der Waals surface area contributed by atoms with E-state index in [1.54, 1.807) is 0 Å². The summed E-state index contributed by atoms with van der Waals surface area (Å²) in [6, 6.07) is 16.5. The van der Waals surface area contributed by atoms with Crippen LogP contribution in [0.5, 0.6) is 0 Å². The van der Waals surface area contributed by atoms with Crippen molar-refractivity contribution in [2.24, 2.45) is 0 Å². The van der Waals surface area contributed by atoms with E-state index >= 15 is 0 Å². The molecule has 0 fully saturated rings. The Balaban J connectivity index is 1.60. The van der Waals surface area contributed by atoms with Gasteiger partial charge in [0.25, 0.3) is 0 Å². The molecular formula is C19H17N3O. The van der Waals surface area contributed by atoms with Gasteiger partial charge in [0.05, 0.1) is 6.42 Å². The average molecular weight is 303 g/mol. The van der Waals surface area contributed by atoms with Crippen LogP contribution in [0, 0.1) is 0 Å². The summed E-state index contributed by atoms with van der Waals surface area (Å²) < 4.78 is 5.42. The van der Waals surface area contributed by atoms with Crippen LogP contribution in [-0.2, 0) is 12.8 Å². The van der Waals surface area contributed by atoms with Gasteiger partial charge in [-0.25, -0.2) is 0 Å². The van der Waals surface area contributed by atoms with E-state index in [0.29, 0.717) is 18.1 Å². The third-order valence-electron chi connectivity index (χ3n) is 4.11. The number of hydrogen-bond acceptors (Lipinski definition) is 3. The Morgan fingerprint density at radius 2 is 1.87 bits per heavy atom. The second kappa shape index (κ2) is 5.72. The number of para-hydroxylation sites is 1. The second-order valence-electron chi connectivity index (χ2n) is 5.60. The SMILES string of the molecule is CCc1ccc(-c2noc(Cc3c[nH]c4ccccc34)n2)cc1. The fourth-order valence-electron chi connectivity index (χ4n) is 2.77. The third-order valence-corrected chi connectivity index (χ3v) is 4.11. The van der Waals surface area contributed by atoms with E-state index in [4.69, 9.17) is 4.52 Å². The standard InChI is InChI=1S/C19H17N3O/c1-2-13-7-9-14(10-8-13)19-21-18(23-22-19)11-15-12-20-17-6-4-3-5-16(15)17/h3-10,12,20H,2,11H2,1H3. The molecule has 2 aromatic carbocycles. The molecule has 2 aromatic heterocycles. The lowest BCUT2D eigenvalue weighted by Crippen LogP contribution is -1.87. The summed E-state index contributed by atoms with van der Waals surface area (Å²) in [4.78, 5) is 7.80. The van der Waals surface area contributed by atoms with E-state index in [1.165, 1.54) is 10.9 Å². The van der Waals surface area contributed by atoms with Gasteiger partial charge in [0.1, 0.15) is 0 Å². The number of aromatic nitrogens is 3. The Hall–Kier alpha value is -2.88. The van der Waals surface area contributed by atoms with E-state index in [2.05, 4.69) is 46.3 Å². The molecule has 0 aliphatic carbocycles. The Morgan fingerprint density at radius 3 is 2.70 bits per heavy atom. The fraction of sp³-hybridized carbons (Fsp3) is 0.158. The minimum atomic E-state index is 0.629. The van der Waals surface area contributed by atoms with Gasteiger partial charge in [-0.05, 0) is 23.6 Å². The van der Waals surface area contributed by atoms with Crippen molar-refractivity contribution >= 4 is 10.9 Å². The molecule has 0 spiro atoms. The summed E-state index contributed by atoms with van der Waals surface area (Å²) in [5, 5.41) is 5.30. The van der Waals surface area contributed by atoms with Crippen LogP contribution in [0.15, 0.2) is 59.3 Å². The van der Waals surface area contributed by atoms with Crippen molar-refractivity contribution in [3.8, 4) is 11.4 Å². The van der Waals surface area contributed by atoms with E-state index in [0.717, 1.165) is 23.1 Å². The molecule has 4 nitrogen and oxygen atoms in total. The maximum absolute atomic E-state index is 5.42. The number of nitrogens with one attached hydrogen (secondary N) is 1. The highest BCUT2D eigenvalue weighted by Gasteiger charge is 2.11. The normalized spacial score (nSPS) is 11.2. The molecule has 114 valence electrons. The van der Waals surface area contributed by atoms with Crippen LogP contribution in [0.3, 0.4) is 0 Å². The molecule has 2 heterocycles. The molecule has 0 amide bonds. The third kappa shape index (κ3) is 2.63. The van der Waals surface area contributed by atoms with Gasteiger partial charge in [-0.3, -0.25) is 0 Å². The van der Waals surface area contributed by atoms with Gasteiger partial charge >= 0.3 is 0 Å². The summed E-state index contributed by atoms with van der Waals surface area (Å²) in [6.07, 6.45) is 3.66. The lowest BCUT2D eigenvalue weighted by molar-refractivity contribution is 0.386. The van der Waals surface area contributed by atoms with Crippen LogP contribution >= 0.6 is 0 Å². The zero-order valence-corrected chi connectivity index (χ0v) is 12.9. The molecule has 0 unspecified atom stereocenters. The molecule has 0 atom stereocenters. The van der Waals surface area contributed by atoms with Crippen LogP contribution in [0.1, 0.15) is 23.9 Å². The summed E-state index contributed by atoms with van der Waals surface area (Å²) >= 11 is 0. The minimum absolute atomic E-state index is 0.629. The number of aromatic amines is 1. The van der Waals surface area contributed by atoms with Crippen LogP contribution in [0.2, 0.25) is 0 Å². The molecule has 0 saturated heterocycles. The van der Waals surface area contributed by atoms with Gasteiger partial charge in [-0.15, -0.1) is 0 Å². The zero-order valence-electron chi connectivity index (χ0n) is 12.9. The van der Waals surface area contributed by atoms with Crippen molar-refractivity contribution in [2.75, 3.05) is 0 Å². The predicted molar refractivity (Wildman–Crippen MR) is 90.2 cm³/mol. The number of aryl methyl sites for hydroxylation is 1. The van der Waals surface area contributed by atoms with Crippen molar-refractivity contribution in [3.63, 3.8) is 0 Å². The van der Waals surface area contributed by atoms with Gasteiger partial charge in [0, 0.05) is 22.7 Å². The number of rotatable bonds is 4. The highest BCUT2D eigenvalue weighted by Crippen LogP contribution is 2.22. The lowest BCUT2D eigenvalue weighted by Gasteiger charge is -1.97. The fourth-order valence-corrected chi connectivity index (χ4v) is 2.77. The van der Waals surface area contributed by atoms with Crippen molar-refractivity contribution in [3.05, 3.63) is 71.7 Å². The molecule has 4 rings (SSSR count). The first-order chi connectivity index (χ1) is 11.3.